The van der Waals surface area contributed by atoms with Crippen molar-refractivity contribution in [2.75, 3.05) is 0 Å². The molecular weight excluding hydrogens is 272 g/mol. The van der Waals surface area contributed by atoms with Gasteiger partial charge >= 0.3 is 0 Å². The summed E-state index contributed by atoms with van der Waals surface area (Å²) in [6.45, 7) is 1.95. The maximum atomic E-state index is 10.9. The molecule has 0 unspecified atom stereocenters. The van der Waals surface area contributed by atoms with Crippen LogP contribution in [0.25, 0.3) is 5.82 Å². The monoisotopic (exact) mass is 280 g/mol. The molecule has 0 aliphatic rings. The Kier molecular flexibility index (Phi) is 2.74. The van der Waals surface area contributed by atoms with Crippen molar-refractivity contribution in [1.82, 2.24) is 14.8 Å². The SMILES string of the molecule is Cc1ccnc(-n2cc(C(N)=O)cn2)c1Br. The van der Waals surface area contributed by atoms with E-state index in [9.17, 15) is 4.79 Å². The van der Waals surface area contributed by atoms with Gasteiger partial charge in [0.25, 0.3) is 5.91 Å². The molecule has 2 N–H and O–H groups in total. The van der Waals surface area contributed by atoms with Crippen LogP contribution in [0.3, 0.4) is 0 Å². The summed E-state index contributed by atoms with van der Waals surface area (Å²) < 4.78 is 2.35. The Bertz CT molecular complexity index is 550. The number of hydrogen-bond donors (Lipinski definition) is 1. The highest BCUT2D eigenvalue weighted by Gasteiger charge is 2.10. The van der Waals surface area contributed by atoms with Crippen molar-refractivity contribution < 1.29 is 4.79 Å². The molecule has 0 bridgehead atoms. The third-order valence-corrected chi connectivity index (χ3v) is 3.13. The number of carbonyl (C=O) groups is 1. The number of nitrogens with zero attached hydrogens (tertiary/aromatic N) is 3. The maximum absolute atomic E-state index is 10.9. The third-order valence-electron chi connectivity index (χ3n) is 2.15. The largest absolute Gasteiger partial charge is 0.366 e. The van der Waals surface area contributed by atoms with E-state index in [1.807, 2.05) is 13.0 Å². The van der Waals surface area contributed by atoms with Crippen LogP contribution in [0.5, 0.6) is 0 Å². The van der Waals surface area contributed by atoms with Crippen LogP contribution in [0.4, 0.5) is 0 Å². The van der Waals surface area contributed by atoms with Crippen molar-refractivity contribution in [3.63, 3.8) is 0 Å². The summed E-state index contributed by atoms with van der Waals surface area (Å²) in [5.41, 5.74) is 6.55. The lowest BCUT2D eigenvalue weighted by molar-refractivity contribution is 0.100. The van der Waals surface area contributed by atoms with Gasteiger partial charge in [0.05, 0.1) is 16.2 Å². The molecule has 2 aromatic rings. The number of aromatic nitrogens is 3. The Balaban J connectivity index is 2.50. The highest BCUT2D eigenvalue weighted by Crippen LogP contribution is 2.21. The van der Waals surface area contributed by atoms with Gasteiger partial charge in [-0.2, -0.15) is 5.10 Å². The molecular formula is C10H9BrN4O. The summed E-state index contributed by atoms with van der Waals surface area (Å²) in [5.74, 6) is 0.127. The predicted octanol–water partition coefficient (Wildman–Crippen LogP) is 1.44. The van der Waals surface area contributed by atoms with E-state index in [0.717, 1.165) is 10.0 Å². The molecule has 0 aliphatic heterocycles. The van der Waals surface area contributed by atoms with E-state index in [2.05, 4.69) is 26.0 Å². The van der Waals surface area contributed by atoms with Gasteiger partial charge in [0.2, 0.25) is 0 Å². The number of primary amides is 1. The molecule has 0 atom stereocenters. The predicted molar refractivity (Wildman–Crippen MR) is 62.3 cm³/mol. The van der Waals surface area contributed by atoms with Gasteiger partial charge in [0.15, 0.2) is 5.82 Å². The normalized spacial score (nSPS) is 10.4. The fraction of sp³-hybridized carbons (Fsp3) is 0.100. The second kappa shape index (κ2) is 4.05. The quantitative estimate of drug-likeness (QED) is 0.905. The molecule has 0 aliphatic carbocycles. The van der Waals surface area contributed by atoms with Crippen molar-refractivity contribution >= 4 is 21.8 Å². The van der Waals surface area contributed by atoms with Gasteiger partial charge in [-0.15, -0.1) is 0 Å². The number of rotatable bonds is 2. The minimum absolute atomic E-state index is 0.357. The van der Waals surface area contributed by atoms with Gasteiger partial charge in [0.1, 0.15) is 0 Å². The zero-order valence-electron chi connectivity index (χ0n) is 8.51. The van der Waals surface area contributed by atoms with Crippen molar-refractivity contribution in [3.8, 4) is 5.82 Å². The van der Waals surface area contributed by atoms with E-state index in [1.54, 1.807) is 12.4 Å². The smallest absolute Gasteiger partial charge is 0.251 e. The zero-order chi connectivity index (χ0) is 11.7. The Morgan fingerprint density at radius 2 is 2.31 bits per heavy atom. The lowest BCUT2D eigenvalue weighted by atomic mass is 10.3. The van der Waals surface area contributed by atoms with Gasteiger partial charge in [-0.25, -0.2) is 9.67 Å². The van der Waals surface area contributed by atoms with Crippen molar-refractivity contribution in [2.24, 2.45) is 5.73 Å². The molecule has 2 aromatic heterocycles. The van der Waals surface area contributed by atoms with Crippen LogP contribution in [0.2, 0.25) is 0 Å². The first-order valence-electron chi connectivity index (χ1n) is 4.55. The number of amides is 1. The summed E-state index contributed by atoms with van der Waals surface area (Å²) in [5, 5.41) is 4.03. The Labute approximate surface area is 100 Å². The molecule has 5 nitrogen and oxygen atoms in total. The highest BCUT2D eigenvalue weighted by molar-refractivity contribution is 9.10. The van der Waals surface area contributed by atoms with E-state index in [1.165, 1.54) is 10.9 Å². The summed E-state index contributed by atoms with van der Waals surface area (Å²) in [4.78, 5) is 15.1. The van der Waals surface area contributed by atoms with Crippen molar-refractivity contribution in [2.45, 2.75) is 6.92 Å². The number of halogens is 1. The first kappa shape index (κ1) is 10.8. The van der Waals surface area contributed by atoms with E-state index in [4.69, 9.17) is 5.73 Å². The molecule has 82 valence electrons. The first-order valence-corrected chi connectivity index (χ1v) is 5.35. The Morgan fingerprint density at radius 3 is 2.94 bits per heavy atom. The third kappa shape index (κ3) is 1.83. The lowest BCUT2D eigenvalue weighted by Gasteiger charge is -2.04. The van der Waals surface area contributed by atoms with E-state index in [-0.39, 0.29) is 0 Å². The topological polar surface area (TPSA) is 73.8 Å². The zero-order valence-corrected chi connectivity index (χ0v) is 10.1. The molecule has 1 amide bonds. The van der Waals surface area contributed by atoms with E-state index >= 15 is 0 Å². The number of carbonyl (C=O) groups excluding carboxylic acids is 1. The molecule has 0 saturated carbocycles. The molecule has 6 heteroatoms. The second-order valence-corrected chi connectivity index (χ2v) is 4.10. The highest BCUT2D eigenvalue weighted by atomic mass is 79.9. The molecule has 0 aromatic carbocycles. The standard InChI is InChI=1S/C10H9BrN4O/c1-6-2-3-13-10(8(6)11)15-5-7(4-14-15)9(12)16/h2-5H,1H3,(H2,12,16). The number of hydrogen-bond acceptors (Lipinski definition) is 3. The summed E-state index contributed by atoms with van der Waals surface area (Å²) in [7, 11) is 0. The minimum Gasteiger partial charge on any atom is -0.366 e. The summed E-state index contributed by atoms with van der Waals surface area (Å²) >= 11 is 3.42. The fourth-order valence-electron chi connectivity index (χ4n) is 1.25. The fourth-order valence-corrected chi connectivity index (χ4v) is 1.67. The summed E-state index contributed by atoms with van der Waals surface area (Å²) in [6.07, 6.45) is 4.65. The van der Waals surface area contributed by atoms with Gasteiger partial charge in [0, 0.05) is 12.4 Å². The molecule has 2 rings (SSSR count). The average Bonchev–Trinajstić information content (AvgIpc) is 2.71. The van der Waals surface area contributed by atoms with Crippen LogP contribution in [-0.4, -0.2) is 20.7 Å². The van der Waals surface area contributed by atoms with Gasteiger partial charge < -0.3 is 5.73 Å². The number of nitrogens with two attached hydrogens (primary N) is 1. The molecule has 0 fully saturated rings. The van der Waals surface area contributed by atoms with Crippen LogP contribution >= 0.6 is 15.9 Å². The van der Waals surface area contributed by atoms with Gasteiger partial charge in [-0.1, -0.05) is 0 Å². The molecule has 0 spiro atoms. The maximum Gasteiger partial charge on any atom is 0.251 e. The van der Waals surface area contributed by atoms with Crippen molar-refractivity contribution in [1.29, 1.82) is 0 Å². The molecule has 0 radical (unpaired) electrons. The van der Waals surface area contributed by atoms with Crippen molar-refractivity contribution in [3.05, 3.63) is 40.3 Å². The molecule has 2 heterocycles. The molecule has 0 saturated heterocycles. The van der Waals surface area contributed by atoms with E-state index in [0.29, 0.717) is 11.4 Å². The van der Waals surface area contributed by atoms with E-state index < -0.39 is 5.91 Å². The first-order chi connectivity index (χ1) is 7.59. The molecule has 16 heavy (non-hydrogen) atoms. The number of pyridine rings is 1. The van der Waals surface area contributed by atoms with Gasteiger partial charge in [-0.3, -0.25) is 4.79 Å². The Morgan fingerprint density at radius 1 is 1.56 bits per heavy atom. The van der Waals surface area contributed by atoms with Crippen LogP contribution in [0.15, 0.2) is 29.1 Å². The summed E-state index contributed by atoms with van der Waals surface area (Å²) in [6, 6.07) is 1.88. The Hall–Kier alpha value is -1.69. The second-order valence-electron chi connectivity index (χ2n) is 3.30. The lowest BCUT2D eigenvalue weighted by Crippen LogP contribution is -2.09. The van der Waals surface area contributed by atoms with Gasteiger partial charge in [-0.05, 0) is 34.5 Å². The van der Waals surface area contributed by atoms with Crippen LogP contribution in [0.1, 0.15) is 15.9 Å². The van der Waals surface area contributed by atoms with Crippen LogP contribution in [0, 0.1) is 6.92 Å². The minimum atomic E-state index is -0.505. The van der Waals surface area contributed by atoms with Crippen LogP contribution < -0.4 is 5.73 Å². The van der Waals surface area contributed by atoms with Crippen LogP contribution in [-0.2, 0) is 0 Å². The number of aryl methyl sites for hydroxylation is 1. The average molecular weight is 281 g/mol.